The van der Waals surface area contributed by atoms with Crippen molar-refractivity contribution < 1.29 is 18.3 Å². The number of aryl methyl sites for hydroxylation is 1. The first-order chi connectivity index (χ1) is 15.4. The summed E-state index contributed by atoms with van der Waals surface area (Å²) in [6.07, 6.45) is 0. The number of rotatable bonds is 7. The zero-order chi connectivity index (χ0) is 22.7. The van der Waals surface area contributed by atoms with Crippen LogP contribution in [-0.4, -0.2) is 15.7 Å². The fourth-order valence-electron chi connectivity index (χ4n) is 3.02. The highest BCUT2D eigenvalue weighted by molar-refractivity contribution is 6.42. The second kappa shape index (κ2) is 9.46. The number of hydrogen-bond acceptors (Lipinski definition) is 4. The molecule has 1 N–H and O–H groups in total. The Bertz CT molecular complexity index is 1270. The Morgan fingerprint density at radius 1 is 1.16 bits per heavy atom. The fraction of sp³-hybridized carbons (Fsp3) is 0.130. The highest BCUT2D eigenvalue weighted by Crippen LogP contribution is 2.32. The molecule has 2 heterocycles. The number of benzene rings is 2. The van der Waals surface area contributed by atoms with Gasteiger partial charge in [0.2, 0.25) is 0 Å². The molecule has 6 nitrogen and oxygen atoms in total. The number of carbonyl (C=O) groups is 1. The van der Waals surface area contributed by atoms with E-state index < -0.39 is 5.91 Å². The van der Waals surface area contributed by atoms with Gasteiger partial charge in [-0.1, -0.05) is 47.5 Å². The number of nitrogens with one attached hydrogen (secondary N) is 1. The quantitative estimate of drug-likeness (QED) is 0.351. The molecule has 0 radical (unpaired) electrons. The van der Waals surface area contributed by atoms with Gasteiger partial charge in [-0.25, -0.2) is 4.39 Å². The van der Waals surface area contributed by atoms with E-state index in [4.69, 9.17) is 32.4 Å². The lowest BCUT2D eigenvalue weighted by atomic mass is 10.2. The maximum atomic E-state index is 13.9. The smallest absolute Gasteiger partial charge is 0.292 e. The normalized spacial score (nSPS) is 10.9. The van der Waals surface area contributed by atoms with Crippen molar-refractivity contribution >= 4 is 34.9 Å². The molecule has 0 aliphatic rings. The monoisotopic (exact) mass is 473 g/mol. The molecule has 32 heavy (non-hydrogen) atoms. The number of carbonyl (C=O) groups excluding carboxylic acids is 1. The van der Waals surface area contributed by atoms with Crippen LogP contribution in [0.1, 0.15) is 27.6 Å². The predicted molar refractivity (Wildman–Crippen MR) is 120 cm³/mol. The number of halogens is 3. The molecule has 4 rings (SSSR count). The highest BCUT2D eigenvalue weighted by atomic mass is 35.5. The minimum atomic E-state index is -0.465. The highest BCUT2D eigenvalue weighted by Gasteiger charge is 2.15. The molecule has 0 unspecified atom stereocenters. The summed E-state index contributed by atoms with van der Waals surface area (Å²) in [6.45, 7) is 2.15. The fourth-order valence-corrected chi connectivity index (χ4v) is 3.37. The SMILES string of the molecule is Cc1cc(NC(=O)c2ccc(COc3cccc(Cl)c3Cl)o2)nn1Cc1ccccc1F. The Labute approximate surface area is 193 Å². The van der Waals surface area contributed by atoms with Crippen molar-refractivity contribution in [1.29, 1.82) is 0 Å². The largest absolute Gasteiger partial charge is 0.484 e. The summed E-state index contributed by atoms with van der Waals surface area (Å²) in [6, 6.07) is 16.4. The van der Waals surface area contributed by atoms with Gasteiger partial charge in [-0.2, -0.15) is 5.10 Å². The van der Waals surface area contributed by atoms with E-state index in [1.54, 1.807) is 53.2 Å². The van der Waals surface area contributed by atoms with E-state index >= 15 is 0 Å². The number of nitrogens with zero attached hydrogens (tertiary/aromatic N) is 2. The minimum Gasteiger partial charge on any atom is -0.484 e. The number of amides is 1. The van der Waals surface area contributed by atoms with E-state index in [1.807, 2.05) is 6.92 Å². The zero-order valence-corrected chi connectivity index (χ0v) is 18.5. The van der Waals surface area contributed by atoms with Crippen molar-refractivity contribution in [3.05, 3.63) is 99.3 Å². The second-order valence-corrected chi connectivity index (χ2v) is 7.77. The van der Waals surface area contributed by atoms with Gasteiger partial charge >= 0.3 is 0 Å². The van der Waals surface area contributed by atoms with Crippen LogP contribution in [0.3, 0.4) is 0 Å². The van der Waals surface area contributed by atoms with E-state index in [-0.39, 0.29) is 24.7 Å². The predicted octanol–water partition coefficient (Wildman–Crippen LogP) is 6.11. The van der Waals surface area contributed by atoms with Crippen molar-refractivity contribution in [1.82, 2.24) is 9.78 Å². The summed E-state index contributed by atoms with van der Waals surface area (Å²) < 4.78 is 26.7. The van der Waals surface area contributed by atoms with Crippen molar-refractivity contribution in [3.63, 3.8) is 0 Å². The lowest BCUT2D eigenvalue weighted by molar-refractivity contribution is 0.0992. The molecule has 9 heteroatoms. The summed E-state index contributed by atoms with van der Waals surface area (Å²) in [5.41, 5.74) is 1.28. The van der Waals surface area contributed by atoms with E-state index in [1.165, 1.54) is 12.1 Å². The Kier molecular flexibility index (Phi) is 6.48. The van der Waals surface area contributed by atoms with Crippen molar-refractivity contribution in [2.75, 3.05) is 5.32 Å². The van der Waals surface area contributed by atoms with Gasteiger partial charge in [0.15, 0.2) is 11.6 Å². The van der Waals surface area contributed by atoms with E-state index in [0.29, 0.717) is 32.9 Å². The first kappa shape index (κ1) is 21.9. The maximum absolute atomic E-state index is 13.9. The van der Waals surface area contributed by atoms with E-state index in [0.717, 1.165) is 5.69 Å². The summed E-state index contributed by atoms with van der Waals surface area (Å²) in [4.78, 5) is 12.5. The standard InChI is InChI=1S/C23H18Cl2FN3O3/c1-14-11-21(28-29(14)12-15-5-2-3-7-18(15)26)27-23(30)20-10-9-16(32-20)13-31-19-8-4-6-17(24)22(19)25/h2-11H,12-13H2,1H3,(H,27,28,30). The summed E-state index contributed by atoms with van der Waals surface area (Å²) >= 11 is 12.1. The van der Waals surface area contributed by atoms with Crippen LogP contribution in [0.25, 0.3) is 0 Å². The second-order valence-electron chi connectivity index (χ2n) is 6.98. The minimum absolute atomic E-state index is 0.0731. The molecule has 2 aromatic carbocycles. The van der Waals surface area contributed by atoms with Crippen molar-refractivity contribution in [3.8, 4) is 5.75 Å². The molecular weight excluding hydrogens is 456 g/mol. The van der Waals surface area contributed by atoms with Gasteiger partial charge in [0.1, 0.15) is 29.0 Å². The maximum Gasteiger partial charge on any atom is 0.292 e. The van der Waals surface area contributed by atoms with Gasteiger partial charge in [-0.3, -0.25) is 9.48 Å². The van der Waals surface area contributed by atoms with Crippen LogP contribution in [0.4, 0.5) is 10.2 Å². The molecule has 1 amide bonds. The number of furan rings is 1. The van der Waals surface area contributed by atoms with Crippen LogP contribution in [0, 0.1) is 12.7 Å². The first-order valence-corrected chi connectivity index (χ1v) is 10.4. The lowest BCUT2D eigenvalue weighted by Gasteiger charge is -2.07. The molecule has 2 aromatic heterocycles. The van der Waals surface area contributed by atoms with Gasteiger partial charge < -0.3 is 14.5 Å². The molecule has 0 aliphatic heterocycles. The first-order valence-electron chi connectivity index (χ1n) is 9.65. The average molecular weight is 474 g/mol. The van der Waals surface area contributed by atoms with Crippen molar-refractivity contribution in [2.45, 2.75) is 20.1 Å². The summed E-state index contributed by atoms with van der Waals surface area (Å²) in [5.74, 6) is 0.515. The Balaban J connectivity index is 1.39. The Morgan fingerprint density at radius 2 is 1.97 bits per heavy atom. The van der Waals surface area contributed by atoms with Crippen LogP contribution >= 0.6 is 23.2 Å². The third kappa shape index (κ3) is 4.95. The Hall–Kier alpha value is -3.29. The molecule has 0 atom stereocenters. The molecule has 0 spiro atoms. The zero-order valence-electron chi connectivity index (χ0n) is 16.9. The molecule has 0 saturated heterocycles. The summed E-state index contributed by atoms with van der Waals surface area (Å²) in [5, 5.41) is 7.71. The van der Waals surface area contributed by atoms with Crippen LogP contribution in [0.5, 0.6) is 5.75 Å². The van der Waals surface area contributed by atoms with Gasteiger partial charge in [0, 0.05) is 17.3 Å². The summed E-state index contributed by atoms with van der Waals surface area (Å²) in [7, 11) is 0. The Morgan fingerprint density at radius 3 is 2.78 bits per heavy atom. The molecule has 0 fully saturated rings. The van der Waals surface area contributed by atoms with Gasteiger partial charge in [-0.05, 0) is 37.3 Å². The van der Waals surface area contributed by atoms with Crippen LogP contribution < -0.4 is 10.1 Å². The topological polar surface area (TPSA) is 69.3 Å². The molecule has 4 aromatic rings. The van der Waals surface area contributed by atoms with Crippen LogP contribution in [0.15, 0.2) is 65.1 Å². The molecule has 0 bridgehead atoms. The molecule has 0 aliphatic carbocycles. The lowest BCUT2D eigenvalue weighted by Crippen LogP contribution is -2.12. The van der Waals surface area contributed by atoms with Crippen molar-refractivity contribution in [2.24, 2.45) is 0 Å². The van der Waals surface area contributed by atoms with Gasteiger partial charge in [0.25, 0.3) is 5.91 Å². The van der Waals surface area contributed by atoms with Crippen LogP contribution in [-0.2, 0) is 13.2 Å². The number of aromatic nitrogens is 2. The number of hydrogen-bond donors (Lipinski definition) is 1. The number of anilines is 1. The number of ether oxygens (including phenoxy) is 1. The third-order valence-electron chi connectivity index (χ3n) is 4.67. The molecular formula is C23H18Cl2FN3O3. The van der Waals surface area contributed by atoms with Gasteiger partial charge in [-0.15, -0.1) is 0 Å². The van der Waals surface area contributed by atoms with Gasteiger partial charge in [0.05, 0.1) is 11.6 Å². The average Bonchev–Trinajstić information content (AvgIpc) is 3.37. The molecule has 164 valence electrons. The van der Waals surface area contributed by atoms with E-state index in [2.05, 4.69) is 10.4 Å². The molecule has 0 saturated carbocycles. The van der Waals surface area contributed by atoms with Crippen LogP contribution in [0.2, 0.25) is 10.0 Å². The van der Waals surface area contributed by atoms with E-state index in [9.17, 15) is 9.18 Å². The third-order valence-corrected chi connectivity index (χ3v) is 5.47.